The summed E-state index contributed by atoms with van der Waals surface area (Å²) in [4.78, 5) is 0. The van der Waals surface area contributed by atoms with E-state index >= 15 is 0 Å². The highest BCUT2D eigenvalue weighted by Gasteiger charge is 2.23. The monoisotopic (exact) mass is 298 g/mol. The lowest BCUT2D eigenvalue weighted by Gasteiger charge is -2.10. The van der Waals surface area contributed by atoms with Crippen LogP contribution in [0, 0.1) is 0 Å². The molecule has 0 radical (unpaired) electrons. The molecule has 0 aliphatic heterocycles. The third-order valence-corrected chi connectivity index (χ3v) is 4.17. The minimum atomic E-state index is -3.69. The second-order valence-corrected chi connectivity index (χ2v) is 6.00. The van der Waals surface area contributed by atoms with Crippen molar-refractivity contribution in [3.8, 4) is 0 Å². The van der Waals surface area contributed by atoms with Crippen molar-refractivity contribution in [2.45, 2.75) is 31.5 Å². The molecule has 0 saturated heterocycles. The van der Waals surface area contributed by atoms with Gasteiger partial charge in [-0.15, -0.1) is 0 Å². The summed E-state index contributed by atoms with van der Waals surface area (Å²) >= 11 is 0. The zero-order chi connectivity index (χ0) is 14.6. The van der Waals surface area contributed by atoms with E-state index in [1.54, 1.807) is 25.1 Å². The molecule has 0 aliphatic rings. The Bertz CT molecular complexity index is 631. The fraction of sp³-hybridized carbons (Fsp3) is 0.385. The SMILES string of the molecule is CCNCc1ccc(S(=O)(=O)NC(C)c2ccco2)o1. The molecule has 0 fully saturated rings. The van der Waals surface area contributed by atoms with Crippen LogP contribution in [0.5, 0.6) is 0 Å². The molecule has 110 valence electrons. The number of nitrogens with one attached hydrogen (secondary N) is 2. The minimum Gasteiger partial charge on any atom is -0.468 e. The highest BCUT2D eigenvalue weighted by atomic mass is 32.2. The predicted octanol–water partition coefficient (Wildman–Crippen LogP) is 2.02. The average molecular weight is 298 g/mol. The summed E-state index contributed by atoms with van der Waals surface area (Å²) in [7, 11) is -3.69. The van der Waals surface area contributed by atoms with E-state index in [0.29, 0.717) is 18.1 Å². The van der Waals surface area contributed by atoms with Crippen LogP contribution in [0.1, 0.15) is 31.4 Å². The number of hydrogen-bond donors (Lipinski definition) is 2. The van der Waals surface area contributed by atoms with Crippen molar-refractivity contribution in [1.29, 1.82) is 0 Å². The maximum absolute atomic E-state index is 12.2. The van der Waals surface area contributed by atoms with E-state index in [-0.39, 0.29) is 5.09 Å². The molecule has 7 heteroatoms. The van der Waals surface area contributed by atoms with Gasteiger partial charge in [-0.2, -0.15) is 4.72 Å². The summed E-state index contributed by atoms with van der Waals surface area (Å²) in [6.45, 7) is 4.96. The molecule has 2 heterocycles. The molecular formula is C13H18N2O4S. The maximum Gasteiger partial charge on any atom is 0.274 e. The Morgan fingerprint density at radius 3 is 2.75 bits per heavy atom. The highest BCUT2D eigenvalue weighted by molar-refractivity contribution is 7.89. The van der Waals surface area contributed by atoms with Crippen molar-refractivity contribution < 1.29 is 17.3 Å². The van der Waals surface area contributed by atoms with Crippen molar-refractivity contribution >= 4 is 10.0 Å². The van der Waals surface area contributed by atoms with Crippen LogP contribution in [-0.2, 0) is 16.6 Å². The third-order valence-electron chi connectivity index (χ3n) is 2.75. The summed E-state index contributed by atoms with van der Waals surface area (Å²) in [6.07, 6.45) is 1.50. The summed E-state index contributed by atoms with van der Waals surface area (Å²) in [6, 6.07) is 6.06. The van der Waals surface area contributed by atoms with E-state index in [1.165, 1.54) is 12.3 Å². The summed E-state index contributed by atoms with van der Waals surface area (Å²) < 4.78 is 37.3. The Morgan fingerprint density at radius 1 is 1.30 bits per heavy atom. The molecule has 1 unspecified atom stereocenters. The van der Waals surface area contributed by atoms with Gasteiger partial charge in [0.1, 0.15) is 11.5 Å². The van der Waals surface area contributed by atoms with Gasteiger partial charge < -0.3 is 14.2 Å². The van der Waals surface area contributed by atoms with Crippen molar-refractivity contribution in [1.82, 2.24) is 10.0 Å². The van der Waals surface area contributed by atoms with E-state index in [1.807, 2.05) is 6.92 Å². The van der Waals surface area contributed by atoms with E-state index in [0.717, 1.165) is 6.54 Å². The summed E-state index contributed by atoms with van der Waals surface area (Å²) in [5.74, 6) is 1.13. The van der Waals surface area contributed by atoms with E-state index in [9.17, 15) is 8.42 Å². The van der Waals surface area contributed by atoms with E-state index in [4.69, 9.17) is 8.83 Å². The van der Waals surface area contributed by atoms with Crippen molar-refractivity contribution in [2.75, 3.05) is 6.54 Å². The Hall–Kier alpha value is -1.57. The molecule has 0 aliphatic carbocycles. The van der Waals surface area contributed by atoms with Crippen LogP contribution in [-0.4, -0.2) is 15.0 Å². The molecule has 0 spiro atoms. The smallest absolute Gasteiger partial charge is 0.274 e. The van der Waals surface area contributed by atoms with Gasteiger partial charge in [-0.1, -0.05) is 6.92 Å². The van der Waals surface area contributed by atoms with Gasteiger partial charge in [0, 0.05) is 0 Å². The van der Waals surface area contributed by atoms with Crippen LogP contribution >= 0.6 is 0 Å². The predicted molar refractivity (Wildman–Crippen MR) is 73.5 cm³/mol. The number of furan rings is 2. The second-order valence-electron chi connectivity index (χ2n) is 4.36. The van der Waals surface area contributed by atoms with Crippen LogP contribution in [0.15, 0.2) is 44.5 Å². The van der Waals surface area contributed by atoms with Gasteiger partial charge in [0.15, 0.2) is 0 Å². The summed E-state index contributed by atoms with van der Waals surface area (Å²) in [5.41, 5.74) is 0. The van der Waals surface area contributed by atoms with Gasteiger partial charge in [-0.25, -0.2) is 8.42 Å². The largest absolute Gasteiger partial charge is 0.468 e. The van der Waals surface area contributed by atoms with E-state index in [2.05, 4.69) is 10.0 Å². The fourth-order valence-electron chi connectivity index (χ4n) is 1.73. The zero-order valence-corrected chi connectivity index (χ0v) is 12.2. The lowest BCUT2D eigenvalue weighted by molar-refractivity contribution is 0.396. The van der Waals surface area contributed by atoms with Gasteiger partial charge in [0.05, 0.1) is 18.8 Å². The van der Waals surface area contributed by atoms with E-state index < -0.39 is 16.1 Å². The second kappa shape index (κ2) is 6.25. The molecule has 2 N–H and O–H groups in total. The lowest BCUT2D eigenvalue weighted by atomic mass is 10.3. The van der Waals surface area contributed by atoms with Crippen LogP contribution in [0.2, 0.25) is 0 Å². The molecule has 0 aromatic carbocycles. The molecule has 1 atom stereocenters. The molecular weight excluding hydrogens is 280 g/mol. The van der Waals surface area contributed by atoms with Crippen LogP contribution in [0.25, 0.3) is 0 Å². The molecule has 0 saturated carbocycles. The fourth-order valence-corrected chi connectivity index (χ4v) is 2.89. The average Bonchev–Trinajstić information content (AvgIpc) is 3.07. The van der Waals surface area contributed by atoms with Crippen molar-refractivity contribution in [2.24, 2.45) is 0 Å². The van der Waals surface area contributed by atoms with Gasteiger partial charge in [0.25, 0.3) is 10.0 Å². The van der Waals surface area contributed by atoms with Gasteiger partial charge >= 0.3 is 0 Å². The Labute approximate surface area is 118 Å². The number of hydrogen-bond acceptors (Lipinski definition) is 5. The van der Waals surface area contributed by atoms with Gasteiger partial charge in [-0.3, -0.25) is 0 Å². The first-order chi connectivity index (χ1) is 9.53. The van der Waals surface area contributed by atoms with Gasteiger partial charge in [0.2, 0.25) is 5.09 Å². The van der Waals surface area contributed by atoms with Gasteiger partial charge in [-0.05, 0) is 37.7 Å². The first-order valence-electron chi connectivity index (χ1n) is 6.38. The van der Waals surface area contributed by atoms with Crippen LogP contribution in [0.3, 0.4) is 0 Å². The van der Waals surface area contributed by atoms with Crippen molar-refractivity contribution in [3.05, 3.63) is 42.0 Å². The number of rotatable bonds is 7. The highest BCUT2D eigenvalue weighted by Crippen LogP contribution is 2.19. The normalized spacial score (nSPS) is 13.5. The van der Waals surface area contributed by atoms with Crippen LogP contribution < -0.4 is 10.0 Å². The lowest BCUT2D eigenvalue weighted by Crippen LogP contribution is -2.26. The molecule has 2 rings (SSSR count). The quantitative estimate of drug-likeness (QED) is 0.817. The minimum absolute atomic E-state index is 0.0937. The molecule has 2 aromatic rings. The Balaban J connectivity index is 2.08. The first kappa shape index (κ1) is 14.8. The summed E-state index contributed by atoms with van der Waals surface area (Å²) in [5, 5.41) is 2.97. The molecule has 2 aromatic heterocycles. The molecule has 0 amide bonds. The Kier molecular flexibility index (Phi) is 4.64. The maximum atomic E-state index is 12.2. The Morgan fingerprint density at radius 2 is 2.10 bits per heavy atom. The topological polar surface area (TPSA) is 84.5 Å². The molecule has 20 heavy (non-hydrogen) atoms. The standard InChI is InChI=1S/C13H18N2O4S/c1-3-14-9-11-6-7-13(19-11)20(16,17)15-10(2)12-5-4-8-18-12/h4-8,10,14-15H,3,9H2,1-2H3. The van der Waals surface area contributed by atoms with Crippen LogP contribution in [0.4, 0.5) is 0 Å². The number of sulfonamides is 1. The molecule has 0 bridgehead atoms. The third kappa shape index (κ3) is 3.50. The van der Waals surface area contributed by atoms with Crippen molar-refractivity contribution in [3.63, 3.8) is 0 Å². The zero-order valence-electron chi connectivity index (χ0n) is 11.4. The molecule has 6 nitrogen and oxygen atoms in total. The first-order valence-corrected chi connectivity index (χ1v) is 7.86.